The minimum atomic E-state index is -0.812. The van der Waals surface area contributed by atoms with Crippen LogP contribution in [0.3, 0.4) is 0 Å². The Morgan fingerprint density at radius 1 is 1.00 bits per heavy atom. The second kappa shape index (κ2) is 10.5. The summed E-state index contributed by atoms with van der Waals surface area (Å²) in [7, 11) is 0. The summed E-state index contributed by atoms with van der Waals surface area (Å²) >= 11 is 0. The molecule has 1 aromatic heterocycles. The number of ether oxygens (including phenoxy) is 3. The van der Waals surface area contributed by atoms with Crippen molar-refractivity contribution in [2.45, 2.75) is 33.7 Å². The van der Waals surface area contributed by atoms with Crippen molar-refractivity contribution < 1.29 is 23.8 Å². The fourth-order valence-corrected chi connectivity index (χ4v) is 3.10. The zero-order chi connectivity index (χ0) is 23.1. The number of carbonyl (C=O) groups is 2. The van der Waals surface area contributed by atoms with Gasteiger partial charge in [-0.05, 0) is 52.0 Å². The van der Waals surface area contributed by atoms with Crippen LogP contribution < -0.4 is 24.8 Å². The molecule has 0 bridgehead atoms. The fourth-order valence-electron chi connectivity index (χ4n) is 3.10. The third-order valence-electron chi connectivity index (χ3n) is 4.54. The van der Waals surface area contributed by atoms with E-state index in [4.69, 9.17) is 14.2 Å². The summed E-state index contributed by atoms with van der Waals surface area (Å²) in [5.41, 5.74) is 1.84. The van der Waals surface area contributed by atoms with Gasteiger partial charge in [-0.25, -0.2) is 4.98 Å². The number of hydrogen-bond acceptors (Lipinski definition) is 6. The van der Waals surface area contributed by atoms with E-state index in [0.29, 0.717) is 48.6 Å². The first-order chi connectivity index (χ1) is 15.5. The predicted octanol–water partition coefficient (Wildman–Crippen LogP) is 3.52. The molecule has 0 saturated carbocycles. The molecule has 0 aliphatic rings. The third-order valence-corrected chi connectivity index (χ3v) is 4.54. The van der Waals surface area contributed by atoms with E-state index >= 15 is 0 Å². The molecule has 9 heteroatoms. The van der Waals surface area contributed by atoms with Gasteiger partial charge in [0, 0.05) is 5.56 Å². The molecule has 0 fully saturated rings. The number of anilines is 1. The lowest BCUT2D eigenvalue weighted by Crippen LogP contribution is -2.41. The van der Waals surface area contributed by atoms with E-state index in [1.54, 1.807) is 19.1 Å². The number of rotatable bonds is 10. The van der Waals surface area contributed by atoms with Crippen LogP contribution in [0.5, 0.6) is 17.2 Å². The number of aromatic nitrogens is 2. The van der Waals surface area contributed by atoms with Crippen molar-refractivity contribution in [1.29, 1.82) is 0 Å². The van der Waals surface area contributed by atoms with E-state index in [2.05, 4.69) is 20.6 Å². The molecule has 32 heavy (non-hydrogen) atoms. The molecule has 170 valence electrons. The summed E-state index contributed by atoms with van der Waals surface area (Å²) in [4.78, 5) is 32.8. The van der Waals surface area contributed by atoms with E-state index in [1.165, 1.54) is 0 Å². The van der Waals surface area contributed by atoms with Crippen molar-refractivity contribution in [2.75, 3.05) is 25.1 Å². The van der Waals surface area contributed by atoms with Gasteiger partial charge in [-0.2, -0.15) is 0 Å². The Labute approximate surface area is 186 Å². The monoisotopic (exact) mass is 440 g/mol. The first-order valence-corrected chi connectivity index (χ1v) is 10.6. The summed E-state index contributed by atoms with van der Waals surface area (Å²) in [5, 5.41) is 5.38. The number of imidazole rings is 1. The van der Waals surface area contributed by atoms with Crippen LogP contribution in [0.4, 0.5) is 5.95 Å². The van der Waals surface area contributed by atoms with Crippen molar-refractivity contribution in [2.24, 2.45) is 0 Å². The highest BCUT2D eigenvalue weighted by Gasteiger charge is 2.22. The number of para-hydroxylation sites is 2. The summed E-state index contributed by atoms with van der Waals surface area (Å²) in [6, 6.07) is 9.78. The van der Waals surface area contributed by atoms with Gasteiger partial charge in [-0.15, -0.1) is 0 Å². The molecular formula is C23H28N4O5. The lowest BCUT2D eigenvalue weighted by atomic mass is 10.1. The topological polar surface area (TPSA) is 115 Å². The molecule has 3 aromatic rings. The van der Waals surface area contributed by atoms with Gasteiger partial charge in [0.1, 0.15) is 6.04 Å². The molecule has 3 rings (SSSR count). The number of carbonyl (C=O) groups excluding carboxylic acids is 2. The van der Waals surface area contributed by atoms with E-state index in [9.17, 15) is 9.59 Å². The van der Waals surface area contributed by atoms with Crippen molar-refractivity contribution in [1.82, 2.24) is 15.3 Å². The maximum atomic E-state index is 12.9. The largest absolute Gasteiger partial charge is 0.490 e. The molecule has 9 nitrogen and oxygen atoms in total. The van der Waals surface area contributed by atoms with Gasteiger partial charge in [0.2, 0.25) is 17.6 Å². The zero-order valence-electron chi connectivity index (χ0n) is 18.7. The summed E-state index contributed by atoms with van der Waals surface area (Å²) in [6.07, 6.45) is 0. The molecule has 0 aliphatic carbocycles. The summed E-state index contributed by atoms with van der Waals surface area (Å²) < 4.78 is 17.0. The van der Waals surface area contributed by atoms with Crippen LogP contribution >= 0.6 is 0 Å². The van der Waals surface area contributed by atoms with Crippen molar-refractivity contribution in [3.05, 3.63) is 42.0 Å². The first-order valence-electron chi connectivity index (χ1n) is 10.6. The molecule has 0 unspecified atom stereocenters. The lowest BCUT2D eigenvalue weighted by Gasteiger charge is -2.18. The molecule has 2 aromatic carbocycles. The van der Waals surface area contributed by atoms with Gasteiger partial charge in [0.05, 0.1) is 30.9 Å². The highest BCUT2D eigenvalue weighted by Crippen LogP contribution is 2.39. The van der Waals surface area contributed by atoms with Crippen molar-refractivity contribution in [3.8, 4) is 17.2 Å². The van der Waals surface area contributed by atoms with Gasteiger partial charge in [-0.1, -0.05) is 12.1 Å². The van der Waals surface area contributed by atoms with Gasteiger partial charge in [0.15, 0.2) is 11.5 Å². The van der Waals surface area contributed by atoms with Crippen LogP contribution in [0.1, 0.15) is 38.1 Å². The Hall–Kier alpha value is -3.75. The van der Waals surface area contributed by atoms with Crippen LogP contribution in [-0.2, 0) is 4.79 Å². The third kappa shape index (κ3) is 5.29. The molecular weight excluding hydrogens is 412 g/mol. The lowest BCUT2D eigenvalue weighted by molar-refractivity contribution is -0.117. The Balaban J connectivity index is 1.74. The highest BCUT2D eigenvalue weighted by molar-refractivity contribution is 6.01. The molecule has 0 radical (unpaired) electrons. The van der Waals surface area contributed by atoms with Crippen LogP contribution in [0.15, 0.2) is 36.4 Å². The number of H-pyrrole nitrogens is 1. The Bertz CT molecular complexity index is 1030. The number of fused-ring (bicyclic) bond motifs is 1. The van der Waals surface area contributed by atoms with Gasteiger partial charge < -0.3 is 24.5 Å². The van der Waals surface area contributed by atoms with E-state index in [1.807, 2.05) is 45.0 Å². The van der Waals surface area contributed by atoms with Gasteiger partial charge in [-0.3, -0.25) is 14.9 Å². The number of nitrogens with one attached hydrogen (secondary N) is 3. The van der Waals surface area contributed by atoms with E-state index in [0.717, 1.165) is 11.0 Å². The van der Waals surface area contributed by atoms with Crippen molar-refractivity contribution in [3.63, 3.8) is 0 Å². The molecule has 0 saturated heterocycles. The molecule has 0 spiro atoms. The average molecular weight is 441 g/mol. The van der Waals surface area contributed by atoms with Crippen LogP contribution in [-0.4, -0.2) is 47.6 Å². The minimum absolute atomic E-state index is 0.295. The quantitative estimate of drug-likeness (QED) is 0.444. The number of hydrogen-bond donors (Lipinski definition) is 3. The molecule has 3 N–H and O–H groups in total. The average Bonchev–Trinajstić information content (AvgIpc) is 3.18. The fraction of sp³-hybridized carbons (Fsp3) is 0.348. The first kappa shape index (κ1) is 22.9. The molecule has 1 heterocycles. The number of nitrogens with zero attached hydrogens (tertiary/aromatic N) is 1. The molecule has 0 aliphatic heterocycles. The highest BCUT2D eigenvalue weighted by atomic mass is 16.5. The standard InChI is InChI=1S/C23H28N4O5/c1-5-30-18-12-15(13-19(31-6-2)20(18)32-7-3)22(29)24-14(4)21(28)27-23-25-16-10-8-9-11-17(16)26-23/h8-14H,5-7H2,1-4H3,(H,24,29)(H2,25,26,27,28)/t14-/m1/s1. The SMILES string of the molecule is CCOc1cc(C(=O)N[C@H](C)C(=O)Nc2nc3ccccc3[nH]2)cc(OCC)c1OCC. The number of amides is 2. The normalized spacial score (nSPS) is 11.6. The second-order valence-corrected chi connectivity index (χ2v) is 6.89. The molecule has 2 amide bonds. The van der Waals surface area contributed by atoms with Gasteiger partial charge >= 0.3 is 0 Å². The summed E-state index contributed by atoms with van der Waals surface area (Å²) in [6.45, 7) is 8.34. The maximum absolute atomic E-state index is 12.9. The van der Waals surface area contributed by atoms with E-state index in [-0.39, 0.29) is 0 Å². The maximum Gasteiger partial charge on any atom is 0.252 e. The smallest absolute Gasteiger partial charge is 0.252 e. The van der Waals surface area contributed by atoms with Crippen LogP contribution in [0, 0.1) is 0 Å². The van der Waals surface area contributed by atoms with Crippen LogP contribution in [0.25, 0.3) is 11.0 Å². The minimum Gasteiger partial charge on any atom is -0.490 e. The Kier molecular flexibility index (Phi) is 7.54. The van der Waals surface area contributed by atoms with Crippen molar-refractivity contribution >= 4 is 28.8 Å². The second-order valence-electron chi connectivity index (χ2n) is 6.89. The number of benzene rings is 2. The predicted molar refractivity (Wildman–Crippen MR) is 122 cm³/mol. The zero-order valence-corrected chi connectivity index (χ0v) is 18.7. The number of aromatic amines is 1. The summed E-state index contributed by atoms with van der Waals surface area (Å²) in [5.74, 6) is 0.731. The van der Waals surface area contributed by atoms with Crippen LogP contribution in [0.2, 0.25) is 0 Å². The van der Waals surface area contributed by atoms with E-state index < -0.39 is 17.9 Å². The van der Waals surface area contributed by atoms with Gasteiger partial charge in [0.25, 0.3) is 5.91 Å². The molecule has 1 atom stereocenters. The Morgan fingerprint density at radius 2 is 1.62 bits per heavy atom. The Morgan fingerprint density at radius 3 is 2.22 bits per heavy atom.